The summed E-state index contributed by atoms with van der Waals surface area (Å²) in [4.78, 5) is 22.2. The fourth-order valence-corrected chi connectivity index (χ4v) is 1.52. The zero-order valence-corrected chi connectivity index (χ0v) is 7.97. The third-order valence-electron chi connectivity index (χ3n) is 2.25. The standard InChI is InChI=1S/C8H7F2N3O2/c1-3-4-5(14)8(9,10)7(15)11-6(4)13(2)12-3/h1-2H3,(H,11,15). The zero-order chi connectivity index (χ0) is 11.4. The first kappa shape index (κ1) is 9.75. The summed E-state index contributed by atoms with van der Waals surface area (Å²) >= 11 is 0. The lowest BCUT2D eigenvalue weighted by molar-refractivity contribution is -0.134. The number of hydrogen-bond donors (Lipinski definition) is 1. The number of Topliss-reactive ketones (excluding diaryl/α,β-unsaturated/α-hetero) is 1. The van der Waals surface area contributed by atoms with Gasteiger partial charge in [0.05, 0.1) is 11.3 Å². The maximum absolute atomic E-state index is 13.1. The molecule has 2 heterocycles. The molecule has 0 saturated heterocycles. The number of rotatable bonds is 0. The highest BCUT2D eigenvalue weighted by Gasteiger charge is 2.53. The van der Waals surface area contributed by atoms with Crippen LogP contribution in [0.5, 0.6) is 0 Å². The molecule has 0 unspecified atom stereocenters. The molecule has 0 aliphatic carbocycles. The molecule has 0 bridgehead atoms. The molecule has 0 spiro atoms. The molecular formula is C8H7F2N3O2. The molecule has 0 saturated carbocycles. The number of nitrogens with one attached hydrogen (secondary N) is 1. The van der Waals surface area contributed by atoms with E-state index in [9.17, 15) is 18.4 Å². The molecule has 5 nitrogen and oxygen atoms in total. The smallest absolute Gasteiger partial charge is 0.305 e. The summed E-state index contributed by atoms with van der Waals surface area (Å²) in [5.41, 5.74) is -0.0423. The minimum atomic E-state index is -4.00. The zero-order valence-electron chi connectivity index (χ0n) is 7.97. The number of anilines is 1. The SMILES string of the molecule is Cc1nn(C)c2c1C(=O)C(F)(F)C(=O)N2. The molecule has 7 heteroatoms. The fourth-order valence-electron chi connectivity index (χ4n) is 1.52. The Labute approximate surface area is 83.1 Å². The number of amides is 1. The van der Waals surface area contributed by atoms with Crippen molar-refractivity contribution in [2.24, 2.45) is 7.05 Å². The van der Waals surface area contributed by atoms with Gasteiger partial charge in [0.2, 0.25) is 5.78 Å². The van der Waals surface area contributed by atoms with Gasteiger partial charge in [-0.05, 0) is 6.92 Å². The number of aryl methyl sites for hydroxylation is 2. The summed E-state index contributed by atoms with van der Waals surface area (Å²) < 4.78 is 27.3. The molecular weight excluding hydrogens is 208 g/mol. The lowest BCUT2D eigenvalue weighted by atomic mass is 10.0. The van der Waals surface area contributed by atoms with Crippen LogP contribution in [0.1, 0.15) is 16.1 Å². The summed E-state index contributed by atoms with van der Waals surface area (Å²) in [6.07, 6.45) is 0. The lowest BCUT2D eigenvalue weighted by Crippen LogP contribution is -2.46. The maximum Gasteiger partial charge on any atom is 0.386 e. The number of halogens is 2. The highest BCUT2D eigenvalue weighted by atomic mass is 19.3. The van der Waals surface area contributed by atoms with Crippen LogP contribution in [-0.2, 0) is 11.8 Å². The Bertz CT molecular complexity index is 478. The van der Waals surface area contributed by atoms with Crippen molar-refractivity contribution >= 4 is 17.5 Å². The van der Waals surface area contributed by atoms with E-state index in [1.54, 1.807) is 0 Å². The highest BCUT2D eigenvalue weighted by molar-refractivity contribution is 6.25. The van der Waals surface area contributed by atoms with Crippen LogP contribution in [0.4, 0.5) is 14.6 Å². The van der Waals surface area contributed by atoms with E-state index in [-0.39, 0.29) is 17.1 Å². The molecule has 15 heavy (non-hydrogen) atoms. The predicted octanol–water partition coefficient (Wildman–Crippen LogP) is 0.499. The molecule has 0 atom stereocenters. The van der Waals surface area contributed by atoms with E-state index in [0.29, 0.717) is 0 Å². The van der Waals surface area contributed by atoms with Crippen molar-refractivity contribution in [1.29, 1.82) is 0 Å². The molecule has 80 valence electrons. The Morgan fingerprint density at radius 1 is 1.40 bits per heavy atom. The van der Waals surface area contributed by atoms with Gasteiger partial charge in [-0.1, -0.05) is 0 Å². The third-order valence-corrected chi connectivity index (χ3v) is 2.25. The molecule has 1 aromatic rings. The van der Waals surface area contributed by atoms with Crippen LogP contribution >= 0.6 is 0 Å². The summed E-state index contributed by atoms with van der Waals surface area (Å²) in [5.74, 6) is -7.08. The predicted molar refractivity (Wildman–Crippen MR) is 45.9 cm³/mol. The van der Waals surface area contributed by atoms with Crippen LogP contribution < -0.4 is 5.32 Å². The monoisotopic (exact) mass is 215 g/mol. The fraction of sp³-hybridized carbons (Fsp3) is 0.375. The first-order valence-electron chi connectivity index (χ1n) is 4.13. The minimum absolute atomic E-state index is 0.0217. The molecule has 0 fully saturated rings. The van der Waals surface area contributed by atoms with Crippen molar-refractivity contribution in [3.63, 3.8) is 0 Å². The largest absolute Gasteiger partial charge is 0.386 e. The van der Waals surface area contributed by atoms with Crippen molar-refractivity contribution in [2.75, 3.05) is 5.32 Å². The van der Waals surface area contributed by atoms with Crippen molar-refractivity contribution < 1.29 is 18.4 Å². The molecule has 1 amide bonds. The van der Waals surface area contributed by atoms with E-state index in [1.165, 1.54) is 18.7 Å². The molecule has 0 aromatic carbocycles. The maximum atomic E-state index is 13.1. The van der Waals surface area contributed by atoms with Crippen molar-refractivity contribution in [1.82, 2.24) is 9.78 Å². The van der Waals surface area contributed by atoms with Crippen LogP contribution in [0.15, 0.2) is 0 Å². The Hall–Kier alpha value is -1.79. The third kappa shape index (κ3) is 1.09. The van der Waals surface area contributed by atoms with Gasteiger partial charge >= 0.3 is 11.8 Å². The van der Waals surface area contributed by atoms with Gasteiger partial charge < -0.3 is 5.32 Å². The van der Waals surface area contributed by atoms with E-state index in [0.717, 1.165) is 0 Å². The number of carbonyl (C=O) groups excluding carboxylic acids is 2. The van der Waals surface area contributed by atoms with Gasteiger partial charge in [0.1, 0.15) is 5.82 Å². The molecule has 2 rings (SSSR count). The topological polar surface area (TPSA) is 64.0 Å². The average molecular weight is 215 g/mol. The Kier molecular flexibility index (Phi) is 1.70. The molecule has 1 N–H and O–H groups in total. The van der Waals surface area contributed by atoms with Gasteiger partial charge in [0.25, 0.3) is 0 Å². The summed E-state index contributed by atoms with van der Waals surface area (Å²) in [6.45, 7) is 1.43. The van der Waals surface area contributed by atoms with E-state index in [2.05, 4.69) is 5.10 Å². The van der Waals surface area contributed by atoms with Gasteiger partial charge in [-0.2, -0.15) is 13.9 Å². The number of nitrogens with zero attached hydrogens (tertiary/aromatic N) is 2. The average Bonchev–Trinajstić information content (AvgIpc) is 2.39. The normalized spacial score (nSPS) is 18.7. The van der Waals surface area contributed by atoms with Crippen LogP contribution in [0.25, 0.3) is 0 Å². The number of alkyl halides is 2. The van der Waals surface area contributed by atoms with Gasteiger partial charge in [0.15, 0.2) is 0 Å². The number of hydrogen-bond acceptors (Lipinski definition) is 3. The van der Waals surface area contributed by atoms with Crippen molar-refractivity contribution in [3.05, 3.63) is 11.3 Å². The molecule has 1 aromatic heterocycles. The van der Waals surface area contributed by atoms with Crippen molar-refractivity contribution in [3.8, 4) is 0 Å². The summed E-state index contributed by atoms with van der Waals surface area (Å²) in [6, 6.07) is 0. The number of ketones is 1. The van der Waals surface area contributed by atoms with Crippen molar-refractivity contribution in [2.45, 2.75) is 12.8 Å². The lowest BCUT2D eigenvalue weighted by Gasteiger charge is -2.20. The first-order chi connectivity index (χ1) is 6.85. The van der Waals surface area contributed by atoms with Crippen LogP contribution in [0.2, 0.25) is 0 Å². The van der Waals surface area contributed by atoms with E-state index in [4.69, 9.17) is 0 Å². The highest BCUT2D eigenvalue weighted by Crippen LogP contribution is 2.32. The molecule has 1 aliphatic rings. The Morgan fingerprint density at radius 2 is 2.00 bits per heavy atom. The second-order valence-electron chi connectivity index (χ2n) is 3.29. The summed E-state index contributed by atoms with van der Waals surface area (Å²) in [7, 11) is 1.46. The summed E-state index contributed by atoms with van der Waals surface area (Å²) in [5, 5.41) is 5.75. The van der Waals surface area contributed by atoms with Crippen LogP contribution in [0, 0.1) is 6.92 Å². The first-order valence-corrected chi connectivity index (χ1v) is 4.13. The number of carbonyl (C=O) groups is 2. The quantitative estimate of drug-likeness (QED) is 0.641. The number of aromatic nitrogens is 2. The van der Waals surface area contributed by atoms with Gasteiger partial charge in [0, 0.05) is 7.05 Å². The number of fused-ring (bicyclic) bond motifs is 1. The second kappa shape index (κ2) is 2.62. The van der Waals surface area contributed by atoms with Crippen LogP contribution in [-0.4, -0.2) is 27.4 Å². The van der Waals surface area contributed by atoms with E-state index >= 15 is 0 Å². The molecule has 1 aliphatic heterocycles. The van der Waals surface area contributed by atoms with Gasteiger partial charge in [-0.25, -0.2) is 0 Å². The van der Waals surface area contributed by atoms with E-state index in [1.807, 2.05) is 5.32 Å². The Balaban J connectivity index is 2.69. The van der Waals surface area contributed by atoms with E-state index < -0.39 is 17.6 Å². The minimum Gasteiger partial charge on any atom is -0.305 e. The molecule has 0 radical (unpaired) electrons. The Morgan fingerprint density at radius 3 is 2.60 bits per heavy atom. The van der Waals surface area contributed by atoms with Gasteiger partial charge in [-0.3, -0.25) is 14.3 Å². The van der Waals surface area contributed by atoms with Crippen LogP contribution in [0.3, 0.4) is 0 Å². The van der Waals surface area contributed by atoms with Gasteiger partial charge in [-0.15, -0.1) is 0 Å². The second-order valence-corrected chi connectivity index (χ2v) is 3.29.